The molecule has 2 amide bonds. The minimum atomic E-state index is -3.60. The van der Waals surface area contributed by atoms with E-state index in [-0.39, 0.29) is 12.1 Å². The van der Waals surface area contributed by atoms with E-state index in [2.05, 4.69) is 20.5 Å². The van der Waals surface area contributed by atoms with E-state index >= 15 is 0 Å². The second-order valence-corrected chi connectivity index (χ2v) is 10.6. The molecule has 3 aliphatic rings. The van der Waals surface area contributed by atoms with Gasteiger partial charge in [0, 0.05) is 31.0 Å². The predicted molar refractivity (Wildman–Crippen MR) is 121 cm³/mol. The molecule has 3 heterocycles. The number of anilines is 2. The number of hydrogen-bond donors (Lipinski definition) is 2. The number of ether oxygens (including phenoxy) is 1. The highest BCUT2D eigenvalue weighted by Crippen LogP contribution is 2.33. The monoisotopic (exact) mass is 464 g/mol. The number of hydrogen-bond acceptors (Lipinski definition) is 8. The number of fused-ring (bicyclic) bond motifs is 1. The summed E-state index contributed by atoms with van der Waals surface area (Å²) in [4.78, 5) is 20.6. The van der Waals surface area contributed by atoms with Crippen molar-refractivity contribution in [3.05, 3.63) is 29.4 Å². The van der Waals surface area contributed by atoms with Crippen molar-refractivity contribution in [2.75, 3.05) is 48.2 Å². The Morgan fingerprint density at radius 1 is 1.26 bits per heavy atom. The van der Waals surface area contributed by atoms with Crippen LogP contribution >= 0.6 is 11.8 Å². The Morgan fingerprint density at radius 3 is 2.74 bits per heavy atom. The van der Waals surface area contributed by atoms with Crippen LogP contribution in [-0.4, -0.2) is 67.9 Å². The van der Waals surface area contributed by atoms with Crippen LogP contribution in [0, 0.1) is 0 Å². The van der Waals surface area contributed by atoms with Gasteiger partial charge in [0.25, 0.3) is 0 Å². The number of urea groups is 1. The Labute approximate surface area is 184 Å². The summed E-state index contributed by atoms with van der Waals surface area (Å²) in [5.74, 6) is 0.761. The fourth-order valence-corrected chi connectivity index (χ4v) is 5.45. The number of nitrogens with zero attached hydrogens (tertiary/aromatic N) is 4. The Balaban J connectivity index is 1.46. The summed E-state index contributed by atoms with van der Waals surface area (Å²) in [6.07, 6.45) is 4.92. The van der Waals surface area contributed by atoms with E-state index in [4.69, 9.17) is 4.74 Å². The van der Waals surface area contributed by atoms with Gasteiger partial charge in [0.05, 0.1) is 41.4 Å². The number of imidazole rings is 1. The molecule has 1 saturated heterocycles. The lowest BCUT2D eigenvalue weighted by atomic mass is 10.2. The van der Waals surface area contributed by atoms with Gasteiger partial charge in [-0.25, -0.2) is 22.2 Å². The van der Waals surface area contributed by atoms with Gasteiger partial charge < -0.3 is 25.2 Å². The first-order valence-corrected chi connectivity index (χ1v) is 13.0. The lowest BCUT2D eigenvalue weighted by molar-refractivity contribution is 0.122. The van der Waals surface area contributed by atoms with Crippen molar-refractivity contribution < 1.29 is 17.9 Å². The zero-order valence-corrected chi connectivity index (χ0v) is 18.7. The summed E-state index contributed by atoms with van der Waals surface area (Å²) in [6, 6.07) is 5.66. The molecule has 2 aliphatic heterocycles. The van der Waals surface area contributed by atoms with Gasteiger partial charge in [-0.3, -0.25) is 0 Å². The Hall–Kier alpha value is -2.44. The standard InChI is InChI=1S/C19H24N6O4S2/c1-31(27,28)25-16-5-4-14(23-6-8-29-9-7-23)10-15(16)21-19(25)24-11-17(30-12-24)22-18(26)20-13-2-3-13/h4-5,10-11,13H,2-3,6-9,12H2,1H3,(H2,20,22,26). The van der Waals surface area contributed by atoms with Crippen molar-refractivity contribution in [2.24, 2.45) is 0 Å². The summed E-state index contributed by atoms with van der Waals surface area (Å²) >= 11 is 1.42. The number of benzene rings is 1. The minimum absolute atomic E-state index is 0.241. The highest BCUT2D eigenvalue weighted by molar-refractivity contribution is 8.03. The topological polar surface area (TPSA) is 109 Å². The van der Waals surface area contributed by atoms with Crippen molar-refractivity contribution in [2.45, 2.75) is 18.9 Å². The fourth-order valence-electron chi connectivity index (χ4n) is 3.66. The largest absolute Gasteiger partial charge is 0.378 e. The first-order valence-electron chi connectivity index (χ1n) is 10.1. The van der Waals surface area contributed by atoms with E-state index in [0.29, 0.717) is 41.1 Å². The molecule has 5 rings (SSSR count). The van der Waals surface area contributed by atoms with Gasteiger partial charge >= 0.3 is 6.03 Å². The number of rotatable bonds is 5. The molecule has 0 bridgehead atoms. The maximum Gasteiger partial charge on any atom is 0.319 e. The molecule has 0 spiro atoms. The van der Waals surface area contributed by atoms with Crippen molar-refractivity contribution in [3.63, 3.8) is 0 Å². The molecular formula is C19H24N6O4S2. The number of morpholine rings is 1. The van der Waals surface area contributed by atoms with Gasteiger partial charge in [0.1, 0.15) is 0 Å². The van der Waals surface area contributed by atoms with E-state index in [1.54, 1.807) is 17.2 Å². The lowest BCUT2D eigenvalue weighted by Gasteiger charge is -2.28. The van der Waals surface area contributed by atoms with Crippen molar-refractivity contribution in [1.82, 2.24) is 19.6 Å². The van der Waals surface area contributed by atoms with Gasteiger partial charge in [0.2, 0.25) is 16.0 Å². The average Bonchev–Trinajstić information content (AvgIpc) is 3.27. The van der Waals surface area contributed by atoms with Gasteiger partial charge in [-0.2, -0.15) is 0 Å². The summed E-state index contributed by atoms with van der Waals surface area (Å²) < 4.78 is 31.9. The summed E-state index contributed by atoms with van der Waals surface area (Å²) in [6.45, 7) is 2.91. The number of amides is 2. The number of thioether (sulfide) groups is 1. The van der Waals surface area contributed by atoms with Crippen LogP contribution in [0.4, 0.5) is 16.4 Å². The first kappa shape index (κ1) is 20.5. The second-order valence-electron chi connectivity index (χ2n) is 7.82. The number of carbonyl (C=O) groups is 1. The van der Waals surface area contributed by atoms with Crippen LogP contribution < -0.4 is 20.4 Å². The van der Waals surface area contributed by atoms with Crippen molar-refractivity contribution >= 4 is 50.5 Å². The van der Waals surface area contributed by atoms with Crippen LogP contribution in [0.25, 0.3) is 11.0 Å². The molecule has 31 heavy (non-hydrogen) atoms. The van der Waals surface area contributed by atoms with Gasteiger partial charge in [-0.05, 0) is 31.0 Å². The van der Waals surface area contributed by atoms with Gasteiger partial charge in [-0.15, -0.1) is 0 Å². The van der Waals surface area contributed by atoms with Gasteiger partial charge in [0.15, 0.2) is 0 Å². The summed E-state index contributed by atoms with van der Waals surface area (Å²) in [7, 11) is -3.60. The highest BCUT2D eigenvalue weighted by Gasteiger charge is 2.28. The maximum absolute atomic E-state index is 12.6. The molecule has 0 radical (unpaired) electrons. The molecule has 166 valence electrons. The molecule has 0 atom stereocenters. The molecule has 0 unspecified atom stereocenters. The highest BCUT2D eigenvalue weighted by atomic mass is 32.2. The van der Waals surface area contributed by atoms with E-state index < -0.39 is 10.0 Å². The van der Waals surface area contributed by atoms with E-state index in [1.807, 2.05) is 12.1 Å². The van der Waals surface area contributed by atoms with Crippen LogP contribution in [-0.2, 0) is 14.8 Å². The molecule has 10 nitrogen and oxygen atoms in total. The van der Waals surface area contributed by atoms with E-state index in [1.165, 1.54) is 22.0 Å². The molecule has 2 aromatic rings. The van der Waals surface area contributed by atoms with Crippen molar-refractivity contribution in [1.29, 1.82) is 0 Å². The third-order valence-electron chi connectivity index (χ3n) is 5.33. The average molecular weight is 465 g/mol. The Bertz CT molecular complexity index is 1150. The summed E-state index contributed by atoms with van der Waals surface area (Å²) in [5.41, 5.74) is 2.13. The van der Waals surface area contributed by atoms with Crippen LogP contribution in [0.5, 0.6) is 0 Å². The third kappa shape index (κ3) is 4.32. The number of nitrogens with one attached hydrogen (secondary N) is 2. The zero-order valence-electron chi connectivity index (χ0n) is 17.1. The molecule has 1 saturated carbocycles. The fraction of sp³-hybridized carbons (Fsp3) is 0.474. The molecule has 1 aliphatic carbocycles. The van der Waals surface area contributed by atoms with E-state index in [9.17, 15) is 13.2 Å². The molecule has 12 heteroatoms. The van der Waals surface area contributed by atoms with Crippen LogP contribution in [0.3, 0.4) is 0 Å². The van der Waals surface area contributed by atoms with Gasteiger partial charge in [-0.1, -0.05) is 11.8 Å². The molecular weight excluding hydrogens is 440 g/mol. The number of carbonyl (C=O) groups excluding carboxylic acids is 1. The summed E-state index contributed by atoms with van der Waals surface area (Å²) in [5, 5.41) is 6.35. The quantitative estimate of drug-likeness (QED) is 0.685. The zero-order chi connectivity index (χ0) is 21.6. The molecule has 1 aromatic heterocycles. The minimum Gasteiger partial charge on any atom is -0.378 e. The SMILES string of the molecule is CS(=O)(=O)n1c(N2C=C(NC(=O)NC3CC3)SC2)nc2cc(N3CCOCC3)ccc21. The van der Waals surface area contributed by atoms with Crippen LogP contribution in [0.1, 0.15) is 12.8 Å². The first-order chi connectivity index (χ1) is 14.9. The maximum atomic E-state index is 12.6. The molecule has 2 fully saturated rings. The third-order valence-corrected chi connectivity index (χ3v) is 7.28. The Morgan fingerprint density at radius 2 is 2.03 bits per heavy atom. The van der Waals surface area contributed by atoms with Crippen LogP contribution in [0.15, 0.2) is 29.4 Å². The second kappa shape index (κ2) is 7.92. The normalized spacial score (nSPS) is 19.6. The molecule has 1 aromatic carbocycles. The number of aromatic nitrogens is 2. The Kier molecular flexibility index (Phi) is 5.22. The van der Waals surface area contributed by atoms with Crippen molar-refractivity contribution in [3.8, 4) is 0 Å². The lowest BCUT2D eigenvalue weighted by Crippen LogP contribution is -2.36. The molecule has 2 N–H and O–H groups in total. The smallest absolute Gasteiger partial charge is 0.319 e. The predicted octanol–water partition coefficient (Wildman–Crippen LogP) is 1.45. The van der Waals surface area contributed by atoms with Crippen LogP contribution in [0.2, 0.25) is 0 Å². The van der Waals surface area contributed by atoms with E-state index in [0.717, 1.165) is 31.6 Å².